The van der Waals surface area contributed by atoms with Gasteiger partial charge in [-0.2, -0.15) is 0 Å². The summed E-state index contributed by atoms with van der Waals surface area (Å²) in [6.07, 6.45) is 21.5. The average Bonchev–Trinajstić information content (AvgIpc) is 2.47. The van der Waals surface area contributed by atoms with E-state index in [2.05, 4.69) is 31.7 Å². The van der Waals surface area contributed by atoms with Crippen LogP contribution in [0.25, 0.3) is 0 Å². The first-order valence-electron chi connectivity index (χ1n) is 8.62. The van der Waals surface area contributed by atoms with Gasteiger partial charge in [-0.1, -0.05) is 38.0 Å². The summed E-state index contributed by atoms with van der Waals surface area (Å²) in [4.78, 5) is 0. The van der Waals surface area contributed by atoms with Gasteiger partial charge in [0.25, 0.3) is 0 Å². The molecule has 0 aromatic heterocycles. The zero-order valence-corrected chi connectivity index (χ0v) is 12.8. The zero-order chi connectivity index (χ0) is 13.5. The number of hydrogen-bond acceptors (Lipinski definition) is 0. The van der Waals surface area contributed by atoms with E-state index in [1.807, 2.05) is 0 Å². The third-order valence-corrected chi connectivity index (χ3v) is 5.39. The van der Waals surface area contributed by atoms with Crippen LogP contribution in [0.5, 0.6) is 0 Å². The van der Waals surface area contributed by atoms with Crippen LogP contribution in [0.2, 0.25) is 0 Å². The summed E-state index contributed by atoms with van der Waals surface area (Å²) in [5.41, 5.74) is 0. The molecular formula is C19H32. The Kier molecular flexibility index (Phi) is 6.20. The van der Waals surface area contributed by atoms with Crippen LogP contribution < -0.4 is 0 Å². The Bertz CT molecular complexity index is 272. The average molecular weight is 260 g/mol. The fraction of sp³-hybridized carbons (Fsp3) is 0.789. The highest BCUT2D eigenvalue weighted by atomic mass is 14.3. The van der Waals surface area contributed by atoms with Crippen LogP contribution >= 0.6 is 0 Å². The van der Waals surface area contributed by atoms with Crippen molar-refractivity contribution in [3.63, 3.8) is 0 Å². The van der Waals surface area contributed by atoms with Crippen LogP contribution in [0, 0.1) is 23.7 Å². The Morgan fingerprint density at radius 3 is 1.74 bits per heavy atom. The summed E-state index contributed by atoms with van der Waals surface area (Å²) in [5.74, 6) is 3.60. The fourth-order valence-corrected chi connectivity index (χ4v) is 3.97. The number of hydrogen-bond donors (Lipinski definition) is 0. The normalized spacial score (nSPS) is 36.5. The van der Waals surface area contributed by atoms with Crippen LogP contribution in [0.1, 0.15) is 71.1 Å². The van der Waals surface area contributed by atoms with Crippen LogP contribution in [-0.4, -0.2) is 0 Å². The van der Waals surface area contributed by atoms with Crippen molar-refractivity contribution in [1.82, 2.24) is 0 Å². The highest BCUT2D eigenvalue weighted by Gasteiger charge is 2.20. The Labute approximate surface area is 120 Å². The molecule has 2 saturated carbocycles. The van der Waals surface area contributed by atoms with E-state index in [1.165, 1.54) is 64.2 Å². The molecule has 0 saturated heterocycles. The fourth-order valence-electron chi connectivity index (χ4n) is 3.97. The van der Waals surface area contributed by atoms with Gasteiger partial charge >= 0.3 is 0 Å². The monoisotopic (exact) mass is 260 g/mol. The summed E-state index contributed by atoms with van der Waals surface area (Å²) < 4.78 is 0. The van der Waals surface area contributed by atoms with E-state index in [0.29, 0.717) is 0 Å². The first-order valence-corrected chi connectivity index (χ1v) is 8.62. The second kappa shape index (κ2) is 7.92. The Morgan fingerprint density at radius 2 is 1.26 bits per heavy atom. The lowest BCUT2D eigenvalue weighted by Gasteiger charge is -2.28. The first-order chi connectivity index (χ1) is 9.31. The van der Waals surface area contributed by atoms with Gasteiger partial charge in [0, 0.05) is 0 Å². The third-order valence-electron chi connectivity index (χ3n) is 5.39. The quantitative estimate of drug-likeness (QED) is 0.521. The highest BCUT2D eigenvalue weighted by molar-refractivity contribution is 4.97. The smallest absolute Gasteiger partial charge is 0.0233 e. The molecule has 2 aliphatic carbocycles. The molecule has 0 spiro atoms. The van der Waals surface area contributed by atoms with E-state index in [-0.39, 0.29) is 0 Å². The molecule has 0 atom stereocenters. The van der Waals surface area contributed by atoms with E-state index in [1.54, 1.807) is 0 Å². The van der Waals surface area contributed by atoms with Gasteiger partial charge in [0.05, 0.1) is 0 Å². The molecule has 0 bridgehead atoms. The number of allylic oxidation sites excluding steroid dienone is 3. The molecule has 0 heteroatoms. The summed E-state index contributed by atoms with van der Waals surface area (Å²) in [6, 6.07) is 0. The minimum absolute atomic E-state index is 0.800. The molecule has 0 nitrogen and oxygen atoms in total. The van der Waals surface area contributed by atoms with Crippen molar-refractivity contribution in [2.75, 3.05) is 0 Å². The lowest BCUT2D eigenvalue weighted by atomic mass is 9.78. The molecule has 0 unspecified atom stereocenters. The molecule has 2 rings (SSSR count). The van der Waals surface area contributed by atoms with Gasteiger partial charge in [-0.15, -0.1) is 6.58 Å². The van der Waals surface area contributed by atoms with E-state index in [0.717, 1.165) is 23.7 Å². The molecule has 0 aromatic rings. The van der Waals surface area contributed by atoms with E-state index >= 15 is 0 Å². The summed E-state index contributed by atoms with van der Waals surface area (Å²) in [7, 11) is 0. The van der Waals surface area contributed by atoms with E-state index < -0.39 is 0 Å². The lowest BCUT2D eigenvalue weighted by Crippen LogP contribution is -2.14. The van der Waals surface area contributed by atoms with Crippen molar-refractivity contribution in [3.8, 4) is 0 Å². The first kappa shape index (κ1) is 14.9. The second-order valence-electron chi connectivity index (χ2n) is 6.86. The van der Waals surface area contributed by atoms with Gasteiger partial charge in [-0.3, -0.25) is 0 Å². The molecule has 2 aliphatic rings. The minimum Gasteiger partial charge on any atom is -0.103 e. The topological polar surface area (TPSA) is 0 Å². The van der Waals surface area contributed by atoms with Gasteiger partial charge in [0.1, 0.15) is 0 Å². The van der Waals surface area contributed by atoms with Gasteiger partial charge in [0.15, 0.2) is 0 Å². The van der Waals surface area contributed by atoms with Crippen molar-refractivity contribution < 1.29 is 0 Å². The molecule has 19 heavy (non-hydrogen) atoms. The third kappa shape index (κ3) is 4.82. The number of rotatable bonds is 5. The Hall–Kier alpha value is -0.520. The molecule has 2 fully saturated rings. The van der Waals surface area contributed by atoms with Crippen LogP contribution in [0.15, 0.2) is 24.8 Å². The zero-order valence-electron chi connectivity index (χ0n) is 12.8. The molecular weight excluding hydrogens is 228 g/mol. The predicted octanol–water partition coefficient (Wildman–Crippen LogP) is 6.14. The molecule has 108 valence electrons. The summed E-state index contributed by atoms with van der Waals surface area (Å²) in [6.45, 7) is 6.26. The maximum absolute atomic E-state index is 3.93. The standard InChI is InChI=1S/C19H32/c1-3-5-17-10-12-19(13-11-17)15-14-18-8-6-16(4-2)7-9-18/h4,14-19H,2-3,5-13H2,1H3/b15-14+. The largest absolute Gasteiger partial charge is 0.103 e. The van der Waals surface area contributed by atoms with Gasteiger partial charge in [0.2, 0.25) is 0 Å². The van der Waals surface area contributed by atoms with Crippen LogP contribution in [0.3, 0.4) is 0 Å². The lowest BCUT2D eigenvalue weighted by molar-refractivity contribution is 0.292. The predicted molar refractivity (Wildman–Crippen MR) is 85.1 cm³/mol. The minimum atomic E-state index is 0.800. The highest BCUT2D eigenvalue weighted by Crippen LogP contribution is 2.34. The molecule has 0 aliphatic heterocycles. The van der Waals surface area contributed by atoms with Crippen molar-refractivity contribution in [3.05, 3.63) is 24.8 Å². The molecule has 0 N–H and O–H groups in total. The van der Waals surface area contributed by atoms with E-state index in [4.69, 9.17) is 0 Å². The molecule has 0 aromatic carbocycles. The van der Waals surface area contributed by atoms with Crippen LogP contribution in [-0.2, 0) is 0 Å². The summed E-state index contributed by atoms with van der Waals surface area (Å²) >= 11 is 0. The maximum atomic E-state index is 3.93. The van der Waals surface area contributed by atoms with Crippen molar-refractivity contribution in [1.29, 1.82) is 0 Å². The van der Waals surface area contributed by atoms with Crippen LogP contribution in [0.4, 0.5) is 0 Å². The van der Waals surface area contributed by atoms with Crippen molar-refractivity contribution in [2.24, 2.45) is 23.7 Å². The Morgan fingerprint density at radius 1 is 0.789 bits per heavy atom. The van der Waals surface area contributed by atoms with E-state index in [9.17, 15) is 0 Å². The van der Waals surface area contributed by atoms with Crippen molar-refractivity contribution >= 4 is 0 Å². The van der Waals surface area contributed by atoms with Crippen molar-refractivity contribution in [2.45, 2.75) is 71.1 Å². The SMILES string of the molecule is C=CC1CCC(/C=C/C2CCC(CCC)CC2)CC1. The maximum Gasteiger partial charge on any atom is -0.0233 e. The van der Waals surface area contributed by atoms with Gasteiger partial charge < -0.3 is 0 Å². The van der Waals surface area contributed by atoms with Gasteiger partial charge in [-0.25, -0.2) is 0 Å². The Balaban J connectivity index is 1.68. The molecule has 0 radical (unpaired) electrons. The molecule has 0 heterocycles. The molecule has 0 amide bonds. The van der Waals surface area contributed by atoms with Gasteiger partial charge in [-0.05, 0) is 75.0 Å². The summed E-state index contributed by atoms with van der Waals surface area (Å²) in [5, 5.41) is 0. The second-order valence-corrected chi connectivity index (χ2v) is 6.86.